The Balaban J connectivity index is 1.75. The molecule has 0 bridgehead atoms. The van der Waals surface area contributed by atoms with Crippen molar-refractivity contribution in [3.05, 3.63) is 23.3 Å². The van der Waals surface area contributed by atoms with Gasteiger partial charge < -0.3 is 0 Å². The van der Waals surface area contributed by atoms with Crippen LogP contribution in [0, 0.1) is 40.9 Å². The molecule has 0 aromatic rings. The van der Waals surface area contributed by atoms with E-state index in [-0.39, 0.29) is 22.4 Å². The van der Waals surface area contributed by atoms with Crippen molar-refractivity contribution in [3.8, 4) is 12.3 Å². The maximum atomic E-state index is 12.8. The van der Waals surface area contributed by atoms with E-state index in [9.17, 15) is 9.59 Å². The number of fused-ring (bicyclic) bond motifs is 5. The molecular formula is C21H24O2. The summed E-state index contributed by atoms with van der Waals surface area (Å²) >= 11 is 0. The molecule has 0 aromatic heterocycles. The molecular weight excluding hydrogens is 284 g/mol. The molecule has 0 aromatic carbocycles. The molecule has 23 heavy (non-hydrogen) atoms. The molecule has 0 heterocycles. The Morgan fingerprint density at radius 3 is 2.70 bits per heavy atom. The Bertz CT molecular complexity index is 704. The predicted molar refractivity (Wildman–Crippen MR) is 89.4 cm³/mol. The van der Waals surface area contributed by atoms with Gasteiger partial charge in [0.15, 0.2) is 11.6 Å². The molecule has 0 aliphatic heterocycles. The van der Waals surface area contributed by atoms with Gasteiger partial charge in [-0.15, -0.1) is 6.42 Å². The summed E-state index contributed by atoms with van der Waals surface area (Å²) < 4.78 is 0. The van der Waals surface area contributed by atoms with Gasteiger partial charge in [0.2, 0.25) is 0 Å². The Labute approximate surface area is 138 Å². The van der Waals surface area contributed by atoms with Crippen molar-refractivity contribution < 1.29 is 9.59 Å². The van der Waals surface area contributed by atoms with E-state index in [1.165, 1.54) is 0 Å². The number of allylic oxidation sites excluding steroid dienone is 4. The standard InChI is InChI=1S/C21H24O2/c1-4-13-5-6-16-15-12-19(23)18-11-14(22)7-9-21(18,3)17(15)8-10-20(13,16)2/h1,5,11,15-17H,6-10,12H2,2-3H3/t15?,16?,17?,20-,21-/m1/s1. The number of carbonyl (C=O) groups excluding carboxylic acids is 2. The van der Waals surface area contributed by atoms with Gasteiger partial charge >= 0.3 is 0 Å². The number of rotatable bonds is 0. The van der Waals surface area contributed by atoms with Gasteiger partial charge in [-0.2, -0.15) is 0 Å². The smallest absolute Gasteiger partial charge is 0.159 e. The van der Waals surface area contributed by atoms with E-state index in [2.05, 4.69) is 25.8 Å². The molecule has 4 rings (SSSR count). The zero-order valence-electron chi connectivity index (χ0n) is 14.0. The fraction of sp³-hybridized carbons (Fsp3) is 0.619. The van der Waals surface area contributed by atoms with Crippen molar-refractivity contribution in [2.45, 2.75) is 52.4 Å². The third-order valence-corrected chi connectivity index (χ3v) is 7.52. The molecule has 3 unspecified atom stereocenters. The number of terminal acetylenes is 1. The largest absolute Gasteiger partial charge is 0.295 e. The monoisotopic (exact) mass is 308 g/mol. The van der Waals surface area contributed by atoms with Crippen molar-refractivity contribution in [1.29, 1.82) is 0 Å². The van der Waals surface area contributed by atoms with Crippen LogP contribution in [0.25, 0.3) is 0 Å². The molecule has 0 radical (unpaired) electrons. The van der Waals surface area contributed by atoms with E-state index >= 15 is 0 Å². The molecule has 4 aliphatic rings. The summed E-state index contributed by atoms with van der Waals surface area (Å²) in [5, 5.41) is 0. The van der Waals surface area contributed by atoms with E-state index in [4.69, 9.17) is 6.42 Å². The molecule has 5 atom stereocenters. The molecule has 4 aliphatic carbocycles. The first-order valence-corrected chi connectivity index (χ1v) is 8.85. The molecule has 0 saturated heterocycles. The Hall–Kier alpha value is -1.62. The summed E-state index contributed by atoms with van der Waals surface area (Å²) in [7, 11) is 0. The summed E-state index contributed by atoms with van der Waals surface area (Å²) in [5.41, 5.74) is 1.95. The fourth-order valence-electron chi connectivity index (χ4n) is 6.18. The van der Waals surface area contributed by atoms with Crippen LogP contribution in [-0.4, -0.2) is 11.6 Å². The zero-order chi connectivity index (χ0) is 16.4. The lowest BCUT2D eigenvalue weighted by Gasteiger charge is -2.56. The van der Waals surface area contributed by atoms with E-state index in [0.717, 1.165) is 36.8 Å². The fourth-order valence-corrected chi connectivity index (χ4v) is 6.18. The Morgan fingerprint density at radius 1 is 1.17 bits per heavy atom. The van der Waals surface area contributed by atoms with E-state index in [1.54, 1.807) is 6.08 Å². The number of carbonyl (C=O) groups is 2. The lowest BCUT2D eigenvalue weighted by molar-refractivity contribution is -0.129. The lowest BCUT2D eigenvalue weighted by atomic mass is 9.46. The van der Waals surface area contributed by atoms with Crippen molar-refractivity contribution in [3.63, 3.8) is 0 Å². The highest BCUT2D eigenvalue weighted by Crippen LogP contribution is 2.64. The van der Waals surface area contributed by atoms with Crippen LogP contribution in [0.3, 0.4) is 0 Å². The topological polar surface area (TPSA) is 34.1 Å². The Kier molecular flexibility index (Phi) is 3.05. The number of hydrogen-bond donors (Lipinski definition) is 0. The van der Waals surface area contributed by atoms with Gasteiger partial charge in [-0.05, 0) is 54.9 Å². The minimum atomic E-state index is -0.103. The first kappa shape index (κ1) is 14.9. The summed E-state index contributed by atoms with van der Waals surface area (Å²) in [6.45, 7) is 4.53. The number of hydrogen-bond acceptors (Lipinski definition) is 2. The molecule has 2 nitrogen and oxygen atoms in total. The van der Waals surface area contributed by atoms with Crippen LogP contribution >= 0.6 is 0 Å². The van der Waals surface area contributed by atoms with Crippen LogP contribution in [0.4, 0.5) is 0 Å². The summed E-state index contributed by atoms with van der Waals surface area (Å²) in [5.74, 6) is 4.66. The summed E-state index contributed by atoms with van der Waals surface area (Å²) in [6, 6.07) is 0. The van der Waals surface area contributed by atoms with Crippen LogP contribution < -0.4 is 0 Å². The van der Waals surface area contributed by atoms with Crippen LogP contribution in [-0.2, 0) is 9.59 Å². The normalized spacial score (nSPS) is 45.3. The summed E-state index contributed by atoms with van der Waals surface area (Å²) in [4.78, 5) is 24.6. The van der Waals surface area contributed by atoms with Crippen molar-refractivity contribution in [1.82, 2.24) is 0 Å². The third-order valence-electron chi connectivity index (χ3n) is 7.52. The Morgan fingerprint density at radius 2 is 1.96 bits per heavy atom. The average Bonchev–Trinajstić information content (AvgIpc) is 2.86. The maximum absolute atomic E-state index is 12.8. The van der Waals surface area contributed by atoms with E-state index in [0.29, 0.717) is 30.6 Å². The molecule has 0 amide bonds. The van der Waals surface area contributed by atoms with Gasteiger partial charge in [-0.25, -0.2) is 0 Å². The van der Waals surface area contributed by atoms with Crippen LogP contribution in [0.2, 0.25) is 0 Å². The van der Waals surface area contributed by atoms with E-state index in [1.807, 2.05) is 0 Å². The average molecular weight is 308 g/mol. The predicted octanol–water partition coefficient (Wildman–Crippen LogP) is 3.87. The zero-order valence-corrected chi connectivity index (χ0v) is 14.0. The van der Waals surface area contributed by atoms with Crippen LogP contribution in [0.5, 0.6) is 0 Å². The van der Waals surface area contributed by atoms with Crippen molar-refractivity contribution >= 4 is 11.6 Å². The molecule has 2 fully saturated rings. The van der Waals surface area contributed by atoms with Crippen LogP contribution in [0.15, 0.2) is 23.3 Å². The lowest BCUT2D eigenvalue weighted by Crippen LogP contribution is -2.52. The van der Waals surface area contributed by atoms with Gasteiger partial charge in [0, 0.05) is 29.4 Å². The quantitative estimate of drug-likeness (QED) is 0.637. The van der Waals surface area contributed by atoms with Crippen molar-refractivity contribution in [2.75, 3.05) is 0 Å². The highest BCUT2D eigenvalue weighted by atomic mass is 16.1. The second-order valence-electron chi connectivity index (χ2n) is 8.40. The van der Waals surface area contributed by atoms with Gasteiger partial charge in [-0.1, -0.05) is 25.8 Å². The first-order valence-electron chi connectivity index (χ1n) is 8.85. The number of ketones is 2. The van der Waals surface area contributed by atoms with Crippen LogP contribution in [0.1, 0.15) is 52.4 Å². The molecule has 0 N–H and O–H groups in total. The molecule has 2 saturated carbocycles. The molecule has 2 heteroatoms. The molecule has 0 spiro atoms. The van der Waals surface area contributed by atoms with E-state index < -0.39 is 0 Å². The minimum absolute atomic E-state index is 0.0816. The molecule has 120 valence electrons. The van der Waals surface area contributed by atoms with Gasteiger partial charge in [0.25, 0.3) is 0 Å². The number of Topliss-reactive ketones (excluding diaryl/α,β-unsaturated/α-hetero) is 1. The van der Waals surface area contributed by atoms with Gasteiger partial charge in [0.1, 0.15) is 0 Å². The highest BCUT2D eigenvalue weighted by molar-refractivity contribution is 6.05. The van der Waals surface area contributed by atoms with Gasteiger partial charge in [0.05, 0.1) is 0 Å². The first-order chi connectivity index (χ1) is 10.9. The second kappa shape index (κ2) is 4.69. The third kappa shape index (κ3) is 1.83. The minimum Gasteiger partial charge on any atom is -0.295 e. The van der Waals surface area contributed by atoms with Gasteiger partial charge in [-0.3, -0.25) is 9.59 Å². The van der Waals surface area contributed by atoms with Crippen molar-refractivity contribution in [2.24, 2.45) is 28.6 Å². The summed E-state index contributed by atoms with van der Waals surface area (Å²) in [6.07, 6.45) is 14.9. The second-order valence-corrected chi connectivity index (χ2v) is 8.40. The SMILES string of the molecule is C#CC1=CCC2C3CC(=O)C4=CC(=O)CC[C@]4(C)C3CC[C@]12C. The maximum Gasteiger partial charge on any atom is 0.159 e. The highest BCUT2D eigenvalue weighted by Gasteiger charge is 2.58.